The standard InChI is InChI=1S/C18H19FO2/c1-12-4-3-5-13(2)17(12)11-15(18(20)21)10-14-6-8-16(19)9-7-14/h3-9,15H,10-11H2,1-2H3,(H,20,21). The third-order valence-corrected chi connectivity index (χ3v) is 3.84. The number of carboxylic acid groups (broad SMARTS) is 1. The molecule has 3 heteroatoms. The van der Waals surface area contributed by atoms with Crippen LogP contribution in [0.1, 0.15) is 22.3 Å². The Morgan fingerprint density at radius 1 is 1.05 bits per heavy atom. The molecule has 0 saturated heterocycles. The highest BCUT2D eigenvalue weighted by atomic mass is 19.1. The number of hydrogen-bond donors (Lipinski definition) is 1. The van der Waals surface area contributed by atoms with Crippen LogP contribution in [0, 0.1) is 25.6 Å². The number of aryl methyl sites for hydroxylation is 2. The molecule has 0 saturated carbocycles. The van der Waals surface area contributed by atoms with E-state index in [2.05, 4.69) is 0 Å². The second-order valence-corrected chi connectivity index (χ2v) is 5.44. The number of aliphatic carboxylic acids is 1. The predicted molar refractivity (Wildman–Crippen MR) is 80.8 cm³/mol. The summed E-state index contributed by atoms with van der Waals surface area (Å²) in [6.07, 6.45) is 0.897. The zero-order valence-electron chi connectivity index (χ0n) is 12.3. The van der Waals surface area contributed by atoms with E-state index in [-0.39, 0.29) is 5.82 Å². The van der Waals surface area contributed by atoms with Gasteiger partial charge in [-0.2, -0.15) is 0 Å². The van der Waals surface area contributed by atoms with Crippen LogP contribution in [-0.4, -0.2) is 11.1 Å². The summed E-state index contributed by atoms with van der Waals surface area (Å²) in [5, 5.41) is 9.46. The van der Waals surface area contributed by atoms with Crippen molar-refractivity contribution in [3.8, 4) is 0 Å². The van der Waals surface area contributed by atoms with Gasteiger partial charge in [0.15, 0.2) is 0 Å². The Bertz CT molecular complexity index is 612. The molecular formula is C18H19FO2. The first-order valence-corrected chi connectivity index (χ1v) is 6.99. The minimum Gasteiger partial charge on any atom is -0.481 e. The Kier molecular flexibility index (Phi) is 4.73. The molecule has 2 aromatic carbocycles. The first-order valence-electron chi connectivity index (χ1n) is 6.99. The van der Waals surface area contributed by atoms with Crippen LogP contribution in [0.2, 0.25) is 0 Å². The second kappa shape index (κ2) is 6.53. The summed E-state index contributed by atoms with van der Waals surface area (Å²) in [6.45, 7) is 4.00. The van der Waals surface area contributed by atoms with Gasteiger partial charge < -0.3 is 5.11 Å². The molecule has 0 radical (unpaired) electrons. The molecular weight excluding hydrogens is 267 g/mol. The molecule has 0 heterocycles. The summed E-state index contributed by atoms with van der Waals surface area (Å²) in [5.41, 5.74) is 4.16. The number of hydrogen-bond acceptors (Lipinski definition) is 1. The topological polar surface area (TPSA) is 37.3 Å². The molecule has 21 heavy (non-hydrogen) atoms. The van der Waals surface area contributed by atoms with Crippen LogP contribution in [0.4, 0.5) is 4.39 Å². The lowest BCUT2D eigenvalue weighted by atomic mass is 9.89. The number of halogens is 1. The van der Waals surface area contributed by atoms with Crippen molar-refractivity contribution in [2.24, 2.45) is 5.92 Å². The quantitative estimate of drug-likeness (QED) is 0.904. The molecule has 1 unspecified atom stereocenters. The summed E-state index contributed by atoms with van der Waals surface area (Å²) in [6, 6.07) is 12.0. The van der Waals surface area contributed by atoms with Crippen molar-refractivity contribution in [2.45, 2.75) is 26.7 Å². The Morgan fingerprint density at radius 3 is 2.14 bits per heavy atom. The van der Waals surface area contributed by atoms with E-state index < -0.39 is 11.9 Å². The summed E-state index contributed by atoms with van der Waals surface area (Å²) in [4.78, 5) is 11.5. The van der Waals surface area contributed by atoms with Crippen molar-refractivity contribution in [3.63, 3.8) is 0 Å². The van der Waals surface area contributed by atoms with Gasteiger partial charge in [-0.15, -0.1) is 0 Å². The van der Waals surface area contributed by atoms with Gasteiger partial charge in [0.05, 0.1) is 5.92 Å². The lowest BCUT2D eigenvalue weighted by Gasteiger charge is -2.16. The zero-order valence-corrected chi connectivity index (χ0v) is 12.3. The highest BCUT2D eigenvalue weighted by Crippen LogP contribution is 2.21. The monoisotopic (exact) mass is 286 g/mol. The van der Waals surface area contributed by atoms with Crippen molar-refractivity contribution >= 4 is 5.97 Å². The van der Waals surface area contributed by atoms with E-state index in [1.165, 1.54) is 12.1 Å². The molecule has 0 aromatic heterocycles. The van der Waals surface area contributed by atoms with Crippen LogP contribution >= 0.6 is 0 Å². The van der Waals surface area contributed by atoms with Gasteiger partial charge >= 0.3 is 5.97 Å². The fourth-order valence-electron chi connectivity index (χ4n) is 2.57. The van der Waals surface area contributed by atoms with Gasteiger partial charge in [0.25, 0.3) is 0 Å². The summed E-state index contributed by atoms with van der Waals surface area (Å²) in [7, 11) is 0. The van der Waals surface area contributed by atoms with Crippen LogP contribution in [-0.2, 0) is 17.6 Å². The smallest absolute Gasteiger partial charge is 0.307 e. The fraction of sp³-hybridized carbons (Fsp3) is 0.278. The van der Waals surface area contributed by atoms with Crippen molar-refractivity contribution in [1.82, 2.24) is 0 Å². The Balaban J connectivity index is 2.20. The Hall–Kier alpha value is -2.16. The molecule has 110 valence electrons. The minimum atomic E-state index is -0.818. The summed E-state index contributed by atoms with van der Waals surface area (Å²) >= 11 is 0. The van der Waals surface area contributed by atoms with Gasteiger partial charge in [-0.3, -0.25) is 4.79 Å². The average molecular weight is 286 g/mol. The van der Waals surface area contributed by atoms with E-state index in [0.717, 1.165) is 22.3 Å². The molecule has 0 aliphatic heterocycles. The number of benzene rings is 2. The lowest BCUT2D eigenvalue weighted by Crippen LogP contribution is -2.20. The van der Waals surface area contributed by atoms with Gasteiger partial charge in [0, 0.05) is 0 Å². The van der Waals surface area contributed by atoms with Gasteiger partial charge in [-0.05, 0) is 61.1 Å². The Morgan fingerprint density at radius 2 is 1.62 bits per heavy atom. The van der Waals surface area contributed by atoms with E-state index in [1.807, 2.05) is 32.0 Å². The minimum absolute atomic E-state index is 0.305. The number of carbonyl (C=O) groups is 1. The highest BCUT2D eigenvalue weighted by Gasteiger charge is 2.20. The van der Waals surface area contributed by atoms with Crippen molar-refractivity contribution in [1.29, 1.82) is 0 Å². The SMILES string of the molecule is Cc1cccc(C)c1CC(Cc1ccc(F)cc1)C(=O)O. The van der Waals surface area contributed by atoms with Gasteiger partial charge in [-0.1, -0.05) is 30.3 Å². The molecule has 0 aliphatic rings. The van der Waals surface area contributed by atoms with E-state index in [4.69, 9.17) is 0 Å². The first-order chi connectivity index (χ1) is 9.97. The normalized spacial score (nSPS) is 12.1. The van der Waals surface area contributed by atoms with E-state index in [9.17, 15) is 14.3 Å². The average Bonchev–Trinajstić information content (AvgIpc) is 2.43. The van der Waals surface area contributed by atoms with Crippen LogP contribution in [0.15, 0.2) is 42.5 Å². The largest absolute Gasteiger partial charge is 0.481 e. The molecule has 0 fully saturated rings. The third kappa shape index (κ3) is 3.91. The van der Waals surface area contributed by atoms with Gasteiger partial charge in [0.2, 0.25) is 0 Å². The molecule has 1 N–H and O–H groups in total. The fourth-order valence-corrected chi connectivity index (χ4v) is 2.57. The first kappa shape index (κ1) is 15.2. The van der Waals surface area contributed by atoms with Crippen LogP contribution < -0.4 is 0 Å². The molecule has 2 rings (SSSR count). The molecule has 0 aliphatic carbocycles. The van der Waals surface area contributed by atoms with Crippen molar-refractivity contribution in [2.75, 3.05) is 0 Å². The van der Waals surface area contributed by atoms with E-state index >= 15 is 0 Å². The predicted octanol–water partition coefficient (Wildman–Crippen LogP) is 3.93. The van der Waals surface area contributed by atoms with Crippen LogP contribution in [0.3, 0.4) is 0 Å². The van der Waals surface area contributed by atoms with Crippen LogP contribution in [0.5, 0.6) is 0 Å². The van der Waals surface area contributed by atoms with Crippen molar-refractivity contribution < 1.29 is 14.3 Å². The summed E-state index contributed by atoms with van der Waals surface area (Å²) in [5.74, 6) is -1.63. The maximum atomic E-state index is 12.9. The maximum Gasteiger partial charge on any atom is 0.307 e. The number of rotatable bonds is 5. The zero-order chi connectivity index (χ0) is 15.4. The summed E-state index contributed by atoms with van der Waals surface area (Å²) < 4.78 is 12.9. The number of carboxylic acids is 1. The molecule has 0 bridgehead atoms. The third-order valence-electron chi connectivity index (χ3n) is 3.84. The maximum absolute atomic E-state index is 12.9. The highest BCUT2D eigenvalue weighted by molar-refractivity contribution is 5.71. The molecule has 2 nitrogen and oxygen atoms in total. The molecule has 2 aromatic rings. The lowest BCUT2D eigenvalue weighted by molar-refractivity contribution is -0.141. The molecule has 0 amide bonds. The van der Waals surface area contributed by atoms with Gasteiger partial charge in [-0.25, -0.2) is 4.39 Å². The second-order valence-electron chi connectivity index (χ2n) is 5.44. The van der Waals surface area contributed by atoms with Gasteiger partial charge in [0.1, 0.15) is 5.82 Å². The van der Waals surface area contributed by atoms with Crippen molar-refractivity contribution in [3.05, 3.63) is 70.5 Å². The Labute approximate surface area is 124 Å². The van der Waals surface area contributed by atoms with E-state index in [1.54, 1.807) is 12.1 Å². The molecule has 0 spiro atoms. The van der Waals surface area contributed by atoms with Crippen LogP contribution in [0.25, 0.3) is 0 Å². The van der Waals surface area contributed by atoms with E-state index in [0.29, 0.717) is 12.8 Å². The molecule has 1 atom stereocenters.